The van der Waals surface area contributed by atoms with Gasteiger partial charge in [0, 0.05) is 16.1 Å². The van der Waals surface area contributed by atoms with Gasteiger partial charge in [-0.15, -0.1) is 10.2 Å². The molecule has 5 nitrogen and oxygen atoms in total. The van der Waals surface area contributed by atoms with Crippen LogP contribution in [0.2, 0.25) is 0 Å². The first-order chi connectivity index (χ1) is 12.0. The summed E-state index contributed by atoms with van der Waals surface area (Å²) in [6.45, 7) is 0. The molecule has 3 rings (SSSR count). The summed E-state index contributed by atoms with van der Waals surface area (Å²) < 4.78 is 32.3. The molecule has 0 unspecified atom stereocenters. The van der Waals surface area contributed by atoms with E-state index in [9.17, 15) is 13.6 Å². The number of nitrogens with zero attached hydrogens (tertiary/aromatic N) is 2. The van der Waals surface area contributed by atoms with Gasteiger partial charge in [-0.25, -0.2) is 8.78 Å². The zero-order chi connectivity index (χ0) is 17.8. The summed E-state index contributed by atoms with van der Waals surface area (Å²) in [6, 6.07) is 11.0. The second kappa shape index (κ2) is 7.75. The summed E-state index contributed by atoms with van der Waals surface area (Å²) in [4.78, 5) is 11.9. The number of anilines is 1. The summed E-state index contributed by atoms with van der Waals surface area (Å²) in [5.41, 5.74) is 0.645. The summed E-state index contributed by atoms with van der Waals surface area (Å²) in [7, 11) is 0. The smallest absolute Gasteiger partial charge is 0.277 e. The Morgan fingerprint density at radius 1 is 1.20 bits per heavy atom. The van der Waals surface area contributed by atoms with E-state index in [0.29, 0.717) is 12.0 Å². The molecule has 0 aliphatic carbocycles. The Kier molecular flexibility index (Phi) is 5.44. The largest absolute Gasteiger partial charge is 0.411 e. The van der Waals surface area contributed by atoms with Gasteiger partial charge >= 0.3 is 0 Å². The fraction of sp³-hybridized carbons (Fsp3) is 0.0625. The molecule has 0 atom stereocenters. The van der Waals surface area contributed by atoms with Crippen molar-refractivity contribution in [2.45, 2.75) is 5.22 Å². The first-order valence-corrected chi connectivity index (χ1v) is 8.77. The van der Waals surface area contributed by atoms with E-state index in [-0.39, 0.29) is 21.1 Å². The quantitative estimate of drug-likeness (QED) is 0.609. The Bertz CT molecular complexity index is 882. The molecule has 0 spiro atoms. The van der Waals surface area contributed by atoms with E-state index < -0.39 is 17.5 Å². The van der Waals surface area contributed by atoms with Crippen molar-refractivity contribution in [2.24, 2.45) is 0 Å². The number of halogens is 3. The van der Waals surface area contributed by atoms with E-state index in [1.54, 1.807) is 0 Å². The van der Waals surface area contributed by atoms with E-state index >= 15 is 0 Å². The van der Waals surface area contributed by atoms with Crippen LogP contribution in [-0.4, -0.2) is 21.9 Å². The number of carbonyl (C=O) groups is 1. The third-order valence-electron chi connectivity index (χ3n) is 3.03. The maximum absolute atomic E-state index is 13.7. The van der Waals surface area contributed by atoms with E-state index in [0.717, 1.165) is 23.4 Å². The Morgan fingerprint density at radius 3 is 2.68 bits per heavy atom. The number of hydrogen-bond donors (Lipinski definition) is 1. The van der Waals surface area contributed by atoms with Gasteiger partial charge in [0.25, 0.3) is 5.22 Å². The molecular formula is C16H10BrF2N3O2S. The van der Waals surface area contributed by atoms with Gasteiger partial charge in [0.15, 0.2) is 5.82 Å². The summed E-state index contributed by atoms with van der Waals surface area (Å²) in [5.74, 6) is -1.82. The molecule has 1 aromatic heterocycles. The maximum atomic E-state index is 13.7. The number of rotatable bonds is 5. The van der Waals surface area contributed by atoms with Crippen LogP contribution in [0.5, 0.6) is 0 Å². The molecule has 9 heteroatoms. The molecule has 0 aliphatic rings. The highest BCUT2D eigenvalue weighted by atomic mass is 79.9. The molecule has 0 aliphatic heterocycles. The van der Waals surface area contributed by atoms with E-state index in [1.807, 2.05) is 30.3 Å². The highest BCUT2D eigenvalue weighted by molar-refractivity contribution is 9.10. The number of thioether (sulfide) groups is 1. The van der Waals surface area contributed by atoms with E-state index in [1.165, 1.54) is 0 Å². The van der Waals surface area contributed by atoms with Gasteiger partial charge in [0.2, 0.25) is 11.8 Å². The number of hydrogen-bond acceptors (Lipinski definition) is 5. The lowest BCUT2D eigenvalue weighted by Gasteiger charge is -2.08. The first kappa shape index (κ1) is 17.6. The van der Waals surface area contributed by atoms with Crippen LogP contribution in [0.25, 0.3) is 11.5 Å². The van der Waals surface area contributed by atoms with Crippen LogP contribution in [0.15, 0.2) is 56.6 Å². The van der Waals surface area contributed by atoms with Crippen molar-refractivity contribution in [3.05, 3.63) is 58.6 Å². The molecular weight excluding hydrogens is 416 g/mol. The Hall–Kier alpha value is -2.26. The monoisotopic (exact) mass is 425 g/mol. The molecule has 1 N–H and O–H groups in total. The van der Waals surface area contributed by atoms with Crippen LogP contribution in [-0.2, 0) is 4.79 Å². The molecule has 1 heterocycles. The number of amides is 1. The lowest BCUT2D eigenvalue weighted by atomic mass is 10.2. The Morgan fingerprint density at radius 2 is 1.96 bits per heavy atom. The standard InChI is InChI=1S/C16H10BrF2N3O2S/c17-11-6-10(18)7-12(19)14(11)20-13(23)8-25-16-22-21-15(24-16)9-4-2-1-3-5-9/h1-7H,8H2,(H,20,23). The van der Waals surface area contributed by atoms with Crippen LogP contribution in [0.4, 0.5) is 14.5 Å². The second-order valence-corrected chi connectivity index (χ2v) is 6.60. The molecule has 0 saturated heterocycles. The van der Waals surface area contributed by atoms with Crippen LogP contribution < -0.4 is 5.32 Å². The Balaban J connectivity index is 1.61. The van der Waals surface area contributed by atoms with Crippen molar-refractivity contribution >= 4 is 39.3 Å². The minimum Gasteiger partial charge on any atom is -0.411 e. The van der Waals surface area contributed by atoms with Crippen molar-refractivity contribution in [3.8, 4) is 11.5 Å². The molecule has 0 bridgehead atoms. The average Bonchev–Trinajstić information content (AvgIpc) is 3.06. The van der Waals surface area contributed by atoms with Gasteiger partial charge in [-0.2, -0.15) is 0 Å². The third kappa shape index (κ3) is 4.43. The fourth-order valence-electron chi connectivity index (χ4n) is 1.93. The van der Waals surface area contributed by atoms with Gasteiger partial charge in [-0.1, -0.05) is 30.0 Å². The minimum absolute atomic E-state index is 0.0698. The first-order valence-electron chi connectivity index (χ1n) is 6.99. The molecule has 0 fully saturated rings. The summed E-state index contributed by atoms with van der Waals surface area (Å²) in [5, 5.41) is 10.4. The SMILES string of the molecule is O=C(CSc1nnc(-c2ccccc2)o1)Nc1c(F)cc(F)cc1Br. The van der Waals surface area contributed by atoms with Gasteiger partial charge in [-0.05, 0) is 34.1 Å². The number of aromatic nitrogens is 2. The Labute approximate surface area is 154 Å². The van der Waals surface area contributed by atoms with E-state index in [4.69, 9.17) is 4.42 Å². The highest BCUT2D eigenvalue weighted by Gasteiger charge is 2.15. The average molecular weight is 426 g/mol. The zero-order valence-electron chi connectivity index (χ0n) is 12.5. The molecule has 2 aromatic carbocycles. The van der Waals surface area contributed by atoms with Gasteiger partial charge in [-0.3, -0.25) is 4.79 Å². The molecule has 128 valence electrons. The molecule has 0 radical (unpaired) electrons. The molecule has 0 saturated carbocycles. The van der Waals surface area contributed by atoms with Gasteiger partial charge in [0.05, 0.1) is 11.4 Å². The summed E-state index contributed by atoms with van der Waals surface area (Å²) in [6.07, 6.45) is 0. The minimum atomic E-state index is -0.866. The third-order valence-corrected chi connectivity index (χ3v) is 4.47. The van der Waals surface area contributed by atoms with Crippen LogP contribution in [0.3, 0.4) is 0 Å². The predicted molar refractivity (Wildman–Crippen MR) is 93.1 cm³/mol. The maximum Gasteiger partial charge on any atom is 0.277 e. The van der Waals surface area contributed by atoms with Crippen molar-refractivity contribution in [2.75, 3.05) is 11.1 Å². The van der Waals surface area contributed by atoms with Crippen molar-refractivity contribution in [3.63, 3.8) is 0 Å². The van der Waals surface area contributed by atoms with Crippen LogP contribution in [0.1, 0.15) is 0 Å². The van der Waals surface area contributed by atoms with Crippen molar-refractivity contribution < 1.29 is 18.0 Å². The van der Waals surface area contributed by atoms with Gasteiger partial charge < -0.3 is 9.73 Å². The number of carbonyl (C=O) groups excluding carboxylic acids is 1. The van der Waals surface area contributed by atoms with Gasteiger partial charge in [0.1, 0.15) is 5.82 Å². The molecule has 3 aromatic rings. The molecule has 25 heavy (non-hydrogen) atoms. The lowest BCUT2D eigenvalue weighted by molar-refractivity contribution is -0.113. The van der Waals surface area contributed by atoms with Crippen molar-refractivity contribution in [1.29, 1.82) is 0 Å². The number of benzene rings is 2. The van der Waals surface area contributed by atoms with Crippen molar-refractivity contribution in [1.82, 2.24) is 10.2 Å². The zero-order valence-corrected chi connectivity index (χ0v) is 14.9. The second-order valence-electron chi connectivity index (χ2n) is 4.82. The predicted octanol–water partition coefficient (Wildman–Crippen LogP) is 4.51. The molecule has 1 amide bonds. The topological polar surface area (TPSA) is 68.0 Å². The fourth-order valence-corrected chi connectivity index (χ4v) is 3.00. The van der Waals surface area contributed by atoms with Crippen LogP contribution in [0, 0.1) is 11.6 Å². The number of nitrogens with one attached hydrogen (secondary N) is 1. The lowest BCUT2D eigenvalue weighted by Crippen LogP contribution is -2.15. The van der Waals surface area contributed by atoms with Crippen LogP contribution >= 0.6 is 27.7 Å². The summed E-state index contributed by atoms with van der Waals surface area (Å²) >= 11 is 4.02. The highest BCUT2D eigenvalue weighted by Crippen LogP contribution is 2.28. The van der Waals surface area contributed by atoms with E-state index in [2.05, 4.69) is 31.4 Å². The normalized spacial score (nSPS) is 10.7.